The van der Waals surface area contributed by atoms with Gasteiger partial charge in [-0.15, -0.1) is 0 Å². The van der Waals surface area contributed by atoms with Crippen LogP contribution in [0.2, 0.25) is 0 Å². The molecule has 5 rings (SSSR count). The highest BCUT2D eigenvalue weighted by atomic mass is 32.2. The summed E-state index contributed by atoms with van der Waals surface area (Å²) < 4.78 is 85.0. The summed E-state index contributed by atoms with van der Waals surface area (Å²) in [6, 6.07) is 16.7. The van der Waals surface area contributed by atoms with Gasteiger partial charge in [0.2, 0.25) is 33.5 Å². The summed E-state index contributed by atoms with van der Waals surface area (Å²) in [5.41, 5.74) is 0.879. The van der Waals surface area contributed by atoms with Crippen molar-refractivity contribution in [3.63, 3.8) is 0 Å². The van der Waals surface area contributed by atoms with Crippen molar-refractivity contribution in [2.45, 2.75) is 24.8 Å². The minimum Gasteiger partial charge on any atom is -0.479 e. The largest absolute Gasteiger partial charge is 0.479 e. The quantitative estimate of drug-likeness (QED) is 0.120. The second-order valence-electron chi connectivity index (χ2n) is 11.5. The first kappa shape index (κ1) is 36.4. The normalized spacial score (nSPS) is 14.4. The van der Waals surface area contributed by atoms with Gasteiger partial charge in [0.05, 0.1) is 18.2 Å². The molecule has 2 unspecified atom stereocenters. The van der Waals surface area contributed by atoms with Gasteiger partial charge in [-0.2, -0.15) is 8.78 Å². The zero-order chi connectivity index (χ0) is 37.0. The topological polar surface area (TPSA) is 168 Å². The van der Waals surface area contributed by atoms with E-state index in [-0.39, 0.29) is 23.9 Å². The van der Waals surface area contributed by atoms with Crippen molar-refractivity contribution in [3.8, 4) is 5.75 Å². The number of nitrogens with zero attached hydrogens (tertiary/aromatic N) is 1. The number of nitrogens with one attached hydrogen (secondary N) is 3. The number of sulfonamides is 1. The standard InChI is InChI=1S/C34H28F4N4O8S/c1-51(48,49)41-28(44)14-13-25(27(43)17-50-31-29(37)22(35)15-23(36)30(31)38)40-32(45)21-16-42(26-12-5-4-10-20(21)26)34(47)33(46)39-24-11-6-8-18-7-2-3-9-19(18)24/h2-12,15,21,25H,13-14,16-17H2,1H3,(H,39,46)(H,40,45)(H,41,44). The van der Waals surface area contributed by atoms with Crippen LogP contribution in [0.15, 0.2) is 72.8 Å². The third-order valence-corrected chi connectivity index (χ3v) is 8.46. The number of rotatable bonds is 11. The predicted octanol–water partition coefficient (Wildman–Crippen LogP) is 3.45. The monoisotopic (exact) mass is 728 g/mol. The lowest BCUT2D eigenvalue weighted by molar-refractivity contribution is -0.134. The van der Waals surface area contributed by atoms with Gasteiger partial charge in [-0.1, -0.05) is 54.6 Å². The van der Waals surface area contributed by atoms with Gasteiger partial charge in [0.15, 0.2) is 23.2 Å². The molecule has 0 spiro atoms. The van der Waals surface area contributed by atoms with E-state index in [1.165, 1.54) is 12.1 Å². The Morgan fingerprint density at radius 3 is 2.25 bits per heavy atom. The molecule has 0 fully saturated rings. The van der Waals surface area contributed by atoms with Gasteiger partial charge in [0.1, 0.15) is 6.61 Å². The summed E-state index contributed by atoms with van der Waals surface area (Å²) in [5.74, 6) is -15.2. The Bertz CT molecular complexity index is 2150. The first-order valence-electron chi connectivity index (χ1n) is 15.1. The van der Waals surface area contributed by atoms with E-state index in [1.54, 1.807) is 41.1 Å². The molecule has 51 heavy (non-hydrogen) atoms. The molecule has 1 aliphatic heterocycles. The number of amides is 4. The van der Waals surface area contributed by atoms with Crippen molar-refractivity contribution >= 4 is 61.6 Å². The summed E-state index contributed by atoms with van der Waals surface area (Å²) in [7, 11) is -4.00. The van der Waals surface area contributed by atoms with E-state index < -0.39 is 99.9 Å². The van der Waals surface area contributed by atoms with E-state index in [4.69, 9.17) is 4.74 Å². The molecule has 1 heterocycles. The van der Waals surface area contributed by atoms with Crippen LogP contribution in [0.25, 0.3) is 10.8 Å². The Morgan fingerprint density at radius 2 is 1.55 bits per heavy atom. The Balaban J connectivity index is 1.34. The molecule has 4 amide bonds. The number of para-hydroxylation sites is 1. The van der Waals surface area contributed by atoms with E-state index in [9.17, 15) is 50.0 Å². The molecule has 0 saturated carbocycles. The molecule has 0 bridgehead atoms. The second kappa shape index (κ2) is 15.0. The number of halogens is 4. The van der Waals surface area contributed by atoms with Crippen molar-refractivity contribution in [2.75, 3.05) is 29.6 Å². The summed E-state index contributed by atoms with van der Waals surface area (Å²) in [6.45, 7) is -1.60. The van der Waals surface area contributed by atoms with Gasteiger partial charge in [0, 0.05) is 35.8 Å². The molecular weight excluding hydrogens is 700 g/mol. The van der Waals surface area contributed by atoms with Crippen molar-refractivity contribution in [1.29, 1.82) is 0 Å². The molecule has 1 aliphatic rings. The van der Waals surface area contributed by atoms with Gasteiger partial charge in [0.25, 0.3) is 0 Å². The SMILES string of the molecule is CS(=O)(=O)NC(=O)CCC(NC(=O)C1CN(C(=O)C(=O)Nc2cccc3ccccc23)c2ccccc21)C(=O)COc1c(F)c(F)cc(F)c1F. The number of carbonyl (C=O) groups is 5. The molecule has 266 valence electrons. The number of carbonyl (C=O) groups excluding carboxylic acids is 5. The van der Waals surface area contributed by atoms with Crippen LogP contribution in [0.3, 0.4) is 0 Å². The van der Waals surface area contributed by atoms with Crippen LogP contribution in [-0.4, -0.2) is 63.3 Å². The molecule has 2 atom stereocenters. The molecule has 0 radical (unpaired) electrons. The highest BCUT2D eigenvalue weighted by Crippen LogP contribution is 2.37. The third-order valence-electron chi connectivity index (χ3n) is 7.86. The summed E-state index contributed by atoms with van der Waals surface area (Å²) in [5, 5.41) is 6.47. The fourth-order valence-corrected chi connectivity index (χ4v) is 6.01. The zero-order valence-corrected chi connectivity index (χ0v) is 27.4. The minimum absolute atomic E-state index is 0.0660. The number of ether oxygens (including phenoxy) is 1. The first-order valence-corrected chi connectivity index (χ1v) is 17.0. The molecule has 3 N–H and O–H groups in total. The maximum absolute atomic E-state index is 14.2. The van der Waals surface area contributed by atoms with Gasteiger partial charge in [-0.25, -0.2) is 17.2 Å². The van der Waals surface area contributed by atoms with Crippen LogP contribution in [0.5, 0.6) is 5.75 Å². The zero-order valence-electron chi connectivity index (χ0n) is 26.5. The fourth-order valence-electron chi connectivity index (χ4n) is 5.50. The molecular formula is C34H28F4N4O8S. The van der Waals surface area contributed by atoms with Gasteiger partial charge < -0.3 is 20.3 Å². The second-order valence-corrected chi connectivity index (χ2v) is 13.2. The van der Waals surface area contributed by atoms with Crippen LogP contribution in [0, 0.1) is 23.3 Å². The minimum atomic E-state index is -4.00. The number of fused-ring (bicyclic) bond motifs is 2. The number of anilines is 2. The number of ketones is 1. The smallest absolute Gasteiger partial charge is 0.316 e. The van der Waals surface area contributed by atoms with Crippen LogP contribution in [0.4, 0.5) is 28.9 Å². The van der Waals surface area contributed by atoms with E-state index in [0.29, 0.717) is 17.3 Å². The van der Waals surface area contributed by atoms with E-state index in [1.807, 2.05) is 18.2 Å². The van der Waals surface area contributed by atoms with E-state index in [2.05, 4.69) is 10.6 Å². The molecule has 0 aromatic heterocycles. The van der Waals surface area contributed by atoms with Crippen molar-refractivity contribution in [3.05, 3.63) is 102 Å². The number of Topliss-reactive ketones (excluding diaryl/α,β-unsaturated/α-hetero) is 1. The lowest BCUT2D eigenvalue weighted by Gasteiger charge is -2.21. The van der Waals surface area contributed by atoms with Crippen LogP contribution < -0.4 is 25.0 Å². The average Bonchev–Trinajstić information content (AvgIpc) is 3.48. The van der Waals surface area contributed by atoms with Crippen molar-refractivity contribution in [2.24, 2.45) is 0 Å². The predicted molar refractivity (Wildman–Crippen MR) is 175 cm³/mol. The maximum Gasteiger partial charge on any atom is 0.316 e. The van der Waals surface area contributed by atoms with Gasteiger partial charge >= 0.3 is 11.8 Å². The van der Waals surface area contributed by atoms with Crippen LogP contribution in [0.1, 0.15) is 24.3 Å². The summed E-state index contributed by atoms with van der Waals surface area (Å²) in [6.07, 6.45) is -0.499. The Labute approximate surface area is 287 Å². The molecule has 17 heteroatoms. The van der Waals surface area contributed by atoms with Gasteiger partial charge in [-0.05, 0) is 29.5 Å². The van der Waals surface area contributed by atoms with Crippen LogP contribution in [-0.2, 0) is 34.0 Å². The van der Waals surface area contributed by atoms with E-state index >= 15 is 0 Å². The number of hydrogen-bond acceptors (Lipinski definition) is 8. The van der Waals surface area contributed by atoms with Crippen LogP contribution >= 0.6 is 0 Å². The Kier molecular flexibility index (Phi) is 10.7. The van der Waals surface area contributed by atoms with Crippen molar-refractivity contribution in [1.82, 2.24) is 10.0 Å². The average molecular weight is 729 g/mol. The number of hydrogen-bond donors (Lipinski definition) is 3. The molecule has 4 aromatic rings. The third kappa shape index (κ3) is 8.31. The molecule has 4 aromatic carbocycles. The molecule has 12 nitrogen and oxygen atoms in total. The lowest BCUT2D eigenvalue weighted by atomic mass is 9.99. The Hall–Kier alpha value is -5.84. The fraction of sp³-hybridized carbons (Fsp3) is 0.206. The lowest BCUT2D eigenvalue weighted by Crippen LogP contribution is -2.47. The van der Waals surface area contributed by atoms with Gasteiger partial charge in [-0.3, -0.25) is 28.7 Å². The van der Waals surface area contributed by atoms with Crippen molar-refractivity contribution < 1.29 is 54.7 Å². The summed E-state index contributed by atoms with van der Waals surface area (Å²) >= 11 is 0. The number of benzene rings is 4. The highest BCUT2D eigenvalue weighted by Gasteiger charge is 2.40. The maximum atomic E-state index is 14.2. The Morgan fingerprint density at radius 1 is 0.902 bits per heavy atom. The van der Waals surface area contributed by atoms with E-state index in [0.717, 1.165) is 10.3 Å². The molecule has 0 saturated heterocycles. The highest BCUT2D eigenvalue weighted by molar-refractivity contribution is 7.89. The molecule has 0 aliphatic carbocycles. The first-order chi connectivity index (χ1) is 24.1. The summed E-state index contributed by atoms with van der Waals surface area (Å²) in [4.78, 5) is 66.8.